The van der Waals surface area contributed by atoms with E-state index in [-0.39, 0.29) is 18.6 Å². The largest absolute Gasteiger partial charge is 0.508 e. The third-order valence-corrected chi connectivity index (χ3v) is 7.07. The minimum atomic E-state index is -1.19. The molecule has 0 aromatic heterocycles. The van der Waals surface area contributed by atoms with Crippen LogP contribution in [0.2, 0.25) is 0 Å². The first-order valence-electron chi connectivity index (χ1n) is 12.5. The lowest BCUT2D eigenvalue weighted by Gasteiger charge is -2.25. The summed E-state index contributed by atoms with van der Waals surface area (Å²) in [6.07, 6.45) is 5.92. The maximum absolute atomic E-state index is 13.3. The minimum Gasteiger partial charge on any atom is -0.508 e. The molecular weight excluding hydrogens is 530 g/mol. The summed E-state index contributed by atoms with van der Waals surface area (Å²) < 4.78 is 0. The Morgan fingerprint density at radius 3 is 1.95 bits per heavy atom. The van der Waals surface area contributed by atoms with Crippen molar-refractivity contribution in [2.24, 2.45) is 11.5 Å². The standard InChI is InChI=1S/C25H41N5O6S2/c1-37-13-10-18(27)22(32)28-19(11-14-38-2)23(33)30-21(15-16-6-8-17(31)9-7-16)24(34)29-20(25(35)36)5-3-4-12-26/h6-9,18-21,31H,3-5,10-15,26-27H2,1-2H3,(H,28,32)(H,29,34)(H,30,33)(H,35,36). The minimum absolute atomic E-state index is 0.0438. The fourth-order valence-electron chi connectivity index (χ4n) is 3.53. The van der Waals surface area contributed by atoms with Crippen LogP contribution in [0.3, 0.4) is 0 Å². The summed E-state index contributed by atoms with van der Waals surface area (Å²) >= 11 is 3.07. The van der Waals surface area contributed by atoms with Crippen molar-refractivity contribution in [2.45, 2.75) is 62.7 Å². The van der Waals surface area contributed by atoms with Crippen molar-refractivity contribution in [1.82, 2.24) is 16.0 Å². The van der Waals surface area contributed by atoms with E-state index in [0.29, 0.717) is 49.3 Å². The summed E-state index contributed by atoms with van der Waals surface area (Å²) in [5.41, 5.74) is 12.1. The van der Waals surface area contributed by atoms with Gasteiger partial charge in [-0.15, -0.1) is 0 Å². The molecule has 13 heteroatoms. The van der Waals surface area contributed by atoms with E-state index in [0.717, 1.165) is 0 Å². The topological polar surface area (TPSA) is 197 Å². The van der Waals surface area contributed by atoms with Gasteiger partial charge < -0.3 is 37.6 Å². The lowest BCUT2D eigenvalue weighted by Crippen LogP contribution is -2.57. The van der Waals surface area contributed by atoms with Crippen LogP contribution in [0, 0.1) is 0 Å². The van der Waals surface area contributed by atoms with Crippen LogP contribution >= 0.6 is 23.5 Å². The van der Waals surface area contributed by atoms with Crippen molar-refractivity contribution in [3.63, 3.8) is 0 Å². The van der Waals surface area contributed by atoms with E-state index in [2.05, 4.69) is 16.0 Å². The number of nitrogens with two attached hydrogens (primary N) is 2. The predicted octanol–water partition coefficient (Wildman–Crippen LogP) is 0.436. The molecule has 0 heterocycles. The van der Waals surface area contributed by atoms with Crippen LogP contribution in [0.25, 0.3) is 0 Å². The summed E-state index contributed by atoms with van der Waals surface area (Å²) in [5.74, 6) is -1.56. The molecule has 38 heavy (non-hydrogen) atoms. The fourth-order valence-corrected chi connectivity index (χ4v) is 4.49. The third-order valence-electron chi connectivity index (χ3n) is 5.78. The van der Waals surface area contributed by atoms with E-state index in [1.165, 1.54) is 23.9 Å². The third kappa shape index (κ3) is 12.9. The summed E-state index contributed by atoms with van der Waals surface area (Å²) in [6.45, 7) is 0.407. The molecule has 0 spiro atoms. The van der Waals surface area contributed by atoms with Crippen molar-refractivity contribution >= 4 is 47.2 Å². The van der Waals surface area contributed by atoms with E-state index in [9.17, 15) is 29.4 Å². The number of nitrogens with one attached hydrogen (secondary N) is 3. The first kappa shape index (κ1) is 33.5. The van der Waals surface area contributed by atoms with E-state index >= 15 is 0 Å². The van der Waals surface area contributed by atoms with Crippen LogP contribution in [0.1, 0.15) is 37.7 Å². The first-order chi connectivity index (χ1) is 18.1. The van der Waals surface area contributed by atoms with E-state index in [4.69, 9.17) is 11.5 Å². The smallest absolute Gasteiger partial charge is 0.326 e. The Labute approximate surface area is 232 Å². The summed E-state index contributed by atoms with van der Waals surface area (Å²) in [7, 11) is 0. The molecule has 0 fully saturated rings. The van der Waals surface area contributed by atoms with Crippen molar-refractivity contribution in [3.8, 4) is 5.75 Å². The number of thioether (sulfide) groups is 2. The zero-order chi connectivity index (χ0) is 28.5. The molecule has 0 aliphatic carbocycles. The number of phenols is 1. The Kier molecular flexibility index (Phi) is 16.5. The number of carbonyl (C=O) groups is 4. The van der Waals surface area contributed by atoms with Gasteiger partial charge in [0.15, 0.2) is 0 Å². The predicted molar refractivity (Wildman–Crippen MR) is 152 cm³/mol. The number of hydrogen-bond donors (Lipinski definition) is 7. The number of aliphatic carboxylic acids is 1. The van der Waals surface area contributed by atoms with Gasteiger partial charge in [-0.3, -0.25) is 14.4 Å². The highest BCUT2D eigenvalue weighted by Crippen LogP contribution is 2.13. The molecule has 0 bridgehead atoms. The summed E-state index contributed by atoms with van der Waals surface area (Å²) in [6, 6.07) is 2.16. The van der Waals surface area contributed by atoms with Gasteiger partial charge in [0.2, 0.25) is 17.7 Å². The number of phenolic OH excluding ortho intramolecular Hbond substituents is 1. The normalized spacial score (nSPS) is 14.1. The Morgan fingerprint density at radius 1 is 0.816 bits per heavy atom. The second-order valence-corrected chi connectivity index (χ2v) is 10.8. The van der Waals surface area contributed by atoms with Crippen LogP contribution in [0.4, 0.5) is 0 Å². The highest BCUT2D eigenvalue weighted by Gasteiger charge is 2.30. The quantitative estimate of drug-likeness (QED) is 0.114. The van der Waals surface area contributed by atoms with Gasteiger partial charge in [0, 0.05) is 6.42 Å². The van der Waals surface area contributed by atoms with Gasteiger partial charge in [0.05, 0.1) is 6.04 Å². The van der Waals surface area contributed by atoms with Crippen molar-refractivity contribution in [3.05, 3.63) is 29.8 Å². The Morgan fingerprint density at radius 2 is 1.37 bits per heavy atom. The zero-order valence-corrected chi connectivity index (χ0v) is 23.6. The van der Waals surface area contributed by atoms with Crippen LogP contribution in [0.15, 0.2) is 24.3 Å². The van der Waals surface area contributed by atoms with Gasteiger partial charge in [-0.05, 0) is 80.4 Å². The van der Waals surface area contributed by atoms with Crippen LogP contribution in [0.5, 0.6) is 5.75 Å². The van der Waals surface area contributed by atoms with Crippen LogP contribution < -0.4 is 27.4 Å². The number of rotatable bonds is 19. The maximum atomic E-state index is 13.3. The average molecular weight is 572 g/mol. The van der Waals surface area contributed by atoms with Crippen molar-refractivity contribution in [1.29, 1.82) is 0 Å². The van der Waals surface area contributed by atoms with Gasteiger partial charge in [-0.2, -0.15) is 23.5 Å². The molecule has 0 saturated carbocycles. The van der Waals surface area contributed by atoms with Gasteiger partial charge in [-0.1, -0.05) is 12.1 Å². The molecule has 3 amide bonds. The second kappa shape index (κ2) is 18.7. The molecule has 214 valence electrons. The molecule has 0 radical (unpaired) electrons. The molecular formula is C25H41N5O6S2. The average Bonchev–Trinajstić information content (AvgIpc) is 2.89. The van der Waals surface area contributed by atoms with Gasteiger partial charge in [0.1, 0.15) is 23.9 Å². The molecule has 4 unspecified atom stereocenters. The van der Waals surface area contributed by atoms with Gasteiger partial charge >= 0.3 is 5.97 Å². The Balaban J connectivity index is 3.09. The molecule has 0 saturated heterocycles. The van der Waals surface area contributed by atoms with E-state index in [1.807, 2.05) is 12.5 Å². The number of hydrogen-bond acceptors (Lipinski definition) is 9. The highest BCUT2D eigenvalue weighted by molar-refractivity contribution is 7.98. The lowest BCUT2D eigenvalue weighted by atomic mass is 10.0. The number of amides is 3. The molecule has 1 aromatic carbocycles. The molecule has 1 aromatic rings. The number of aromatic hydroxyl groups is 1. The van der Waals surface area contributed by atoms with Crippen LogP contribution in [-0.4, -0.2) is 88.6 Å². The number of benzene rings is 1. The number of carbonyl (C=O) groups excluding carboxylic acids is 3. The molecule has 0 aliphatic heterocycles. The molecule has 0 aliphatic rings. The van der Waals surface area contributed by atoms with Gasteiger partial charge in [-0.25, -0.2) is 4.79 Å². The van der Waals surface area contributed by atoms with E-state index in [1.54, 1.807) is 23.9 Å². The molecule has 11 nitrogen and oxygen atoms in total. The highest BCUT2D eigenvalue weighted by atomic mass is 32.2. The first-order valence-corrected chi connectivity index (χ1v) is 15.3. The Bertz CT molecular complexity index is 889. The number of carboxylic acid groups (broad SMARTS) is 1. The Hall–Kier alpha value is -2.48. The number of unbranched alkanes of at least 4 members (excludes halogenated alkanes) is 1. The number of carboxylic acids is 1. The summed E-state index contributed by atoms with van der Waals surface area (Å²) in [5, 5.41) is 27.1. The van der Waals surface area contributed by atoms with Gasteiger partial charge in [0.25, 0.3) is 0 Å². The fraction of sp³-hybridized carbons (Fsp3) is 0.600. The molecule has 1 rings (SSSR count). The SMILES string of the molecule is CSCCC(N)C(=O)NC(CCSC)C(=O)NC(Cc1ccc(O)cc1)C(=O)NC(CCCCN)C(=O)O. The lowest BCUT2D eigenvalue weighted by molar-refractivity contribution is -0.142. The van der Waals surface area contributed by atoms with E-state index < -0.39 is 47.9 Å². The maximum Gasteiger partial charge on any atom is 0.326 e. The molecule has 9 N–H and O–H groups in total. The van der Waals surface area contributed by atoms with Crippen LogP contribution in [-0.2, 0) is 25.6 Å². The summed E-state index contributed by atoms with van der Waals surface area (Å²) in [4.78, 5) is 50.8. The van der Waals surface area contributed by atoms with Crippen molar-refractivity contribution < 1.29 is 29.4 Å². The second-order valence-electron chi connectivity index (χ2n) is 8.85. The monoisotopic (exact) mass is 571 g/mol. The van der Waals surface area contributed by atoms with Crippen molar-refractivity contribution in [2.75, 3.05) is 30.6 Å². The molecule has 4 atom stereocenters. The zero-order valence-electron chi connectivity index (χ0n) is 22.0.